The second kappa shape index (κ2) is 8.97. The molecule has 0 saturated carbocycles. The lowest BCUT2D eigenvalue weighted by atomic mass is 10.1. The molecule has 0 fully saturated rings. The zero-order valence-electron chi connectivity index (χ0n) is 15.9. The van der Waals surface area contributed by atoms with Gasteiger partial charge >= 0.3 is 0 Å². The zero-order valence-corrected chi connectivity index (χ0v) is 16.6. The lowest BCUT2D eigenvalue weighted by Gasteiger charge is -2.13. The van der Waals surface area contributed by atoms with Crippen LogP contribution in [0.15, 0.2) is 36.4 Å². The van der Waals surface area contributed by atoms with Crippen LogP contribution >= 0.6 is 11.6 Å². The van der Waals surface area contributed by atoms with E-state index in [0.717, 1.165) is 29.0 Å². The number of benzene rings is 2. The first kappa shape index (κ1) is 20.0. The highest BCUT2D eigenvalue weighted by Crippen LogP contribution is 2.35. The molecule has 2 aromatic rings. The number of ether oxygens (including phenoxy) is 2. The van der Waals surface area contributed by atoms with Gasteiger partial charge in [0, 0.05) is 34.7 Å². The predicted molar refractivity (Wildman–Crippen MR) is 107 cm³/mol. The van der Waals surface area contributed by atoms with Crippen molar-refractivity contribution in [3.8, 4) is 11.5 Å². The number of fused-ring (bicyclic) bond motifs is 1. The minimum absolute atomic E-state index is 0.121. The van der Waals surface area contributed by atoms with Gasteiger partial charge in [-0.15, -0.1) is 0 Å². The summed E-state index contributed by atoms with van der Waals surface area (Å²) in [7, 11) is 0. The van der Waals surface area contributed by atoms with Crippen molar-refractivity contribution in [1.29, 1.82) is 0 Å². The summed E-state index contributed by atoms with van der Waals surface area (Å²) in [4.78, 5) is 24.2. The lowest BCUT2D eigenvalue weighted by Crippen LogP contribution is -2.36. The van der Waals surface area contributed by atoms with Gasteiger partial charge in [0.1, 0.15) is 17.6 Å². The van der Waals surface area contributed by atoms with Gasteiger partial charge in [0.25, 0.3) is 5.91 Å². The van der Waals surface area contributed by atoms with Gasteiger partial charge in [0.15, 0.2) is 0 Å². The Bertz CT molecular complexity index is 867. The molecule has 2 amide bonds. The Labute approximate surface area is 169 Å². The summed E-state index contributed by atoms with van der Waals surface area (Å²) in [5.41, 5.74) is 2.40. The molecule has 0 unspecified atom stereocenters. The summed E-state index contributed by atoms with van der Waals surface area (Å²) in [5.74, 6) is 0.946. The predicted octanol–water partition coefficient (Wildman–Crippen LogP) is 3.11. The number of amides is 2. The van der Waals surface area contributed by atoms with Crippen LogP contribution in [0.5, 0.6) is 11.5 Å². The SMILES string of the molecule is CCOc1cc2c(cc1CNC(=O)CNC(=O)c1ccc(Cl)cc1)O[C@@H](C)C2. The van der Waals surface area contributed by atoms with E-state index in [2.05, 4.69) is 10.6 Å². The number of hydrogen-bond donors (Lipinski definition) is 2. The molecular formula is C21H23ClN2O4. The van der Waals surface area contributed by atoms with E-state index in [1.54, 1.807) is 24.3 Å². The molecule has 0 saturated heterocycles. The van der Waals surface area contributed by atoms with E-state index in [4.69, 9.17) is 21.1 Å². The van der Waals surface area contributed by atoms with Crippen LogP contribution in [-0.2, 0) is 17.8 Å². The first-order valence-electron chi connectivity index (χ1n) is 9.22. The second-order valence-electron chi connectivity index (χ2n) is 6.60. The highest BCUT2D eigenvalue weighted by atomic mass is 35.5. The van der Waals surface area contributed by atoms with E-state index in [1.807, 2.05) is 26.0 Å². The Balaban J connectivity index is 1.56. The zero-order chi connectivity index (χ0) is 20.1. The Kier molecular flexibility index (Phi) is 6.41. The minimum Gasteiger partial charge on any atom is -0.494 e. The van der Waals surface area contributed by atoms with Crippen molar-refractivity contribution < 1.29 is 19.1 Å². The number of nitrogens with one attached hydrogen (secondary N) is 2. The quantitative estimate of drug-likeness (QED) is 0.746. The highest BCUT2D eigenvalue weighted by Gasteiger charge is 2.22. The molecule has 6 nitrogen and oxygen atoms in total. The lowest BCUT2D eigenvalue weighted by molar-refractivity contribution is -0.120. The van der Waals surface area contributed by atoms with Crippen molar-refractivity contribution in [1.82, 2.24) is 10.6 Å². The summed E-state index contributed by atoms with van der Waals surface area (Å²) in [6.07, 6.45) is 0.982. The second-order valence-corrected chi connectivity index (χ2v) is 7.04. The van der Waals surface area contributed by atoms with Gasteiger partial charge in [-0.2, -0.15) is 0 Å². The maximum Gasteiger partial charge on any atom is 0.251 e. The van der Waals surface area contributed by atoms with Gasteiger partial charge in [-0.1, -0.05) is 11.6 Å². The van der Waals surface area contributed by atoms with E-state index in [9.17, 15) is 9.59 Å². The molecule has 0 aliphatic carbocycles. The molecule has 7 heteroatoms. The first-order valence-corrected chi connectivity index (χ1v) is 9.59. The van der Waals surface area contributed by atoms with Gasteiger partial charge in [0.2, 0.25) is 5.91 Å². The van der Waals surface area contributed by atoms with Crippen molar-refractivity contribution in [3.63, 3.8) is 0 Å². The van der Waals surface area contributed by atoms with Crippen LogP contribution in [0.4, 0.5) is 0 Å². The van der Waals surface area contributed by atoms with E-state index >= 15 is 0 Å². The third kappa shape index (κ3) is 4.95. The van der Waals surface area contributed by atoms with Crippen LogP contribution in [0.1, 0.15) is 35.3 Å². The van der Waals surface area contributed by atoms with Crippen molar-refractivity contribution in [2.24, 2.45) is 0 Å². The van der Waals surface area contributed by atoms with Crippen molar-refractivity contribution in [2.75, 3.05) is 13.2 Å². The molecule has 1 heterocycles. The molecule has 2 N–H and O–H groups in total. The normalized spacial score (nSPS) is 14.8. The van der Waals surface area contributed by atoms with Crippen molar-refractivity contribution in [3.05, 3.63) is 58.1 Å². The Morgan fingerprint density at radius 3 is 2.68 bits per heavy atom. The third-order valence-corrected chi connectivity index (χ3v) is 4.62. The van der Waals surface area contributed by atoms with Gasteiger partial charge in [-0.05, 0) is 50.2 Å². The number of rotatable bonds is 7. The fraction of sp³-hybridized carbons (Fsp3) is 0.333. The monoisotopic (exact) mass is 402 g/mol. The van der Waals surface area contributed by atoms with Crippen LogP contribution in [-0.4, -0.2) is 31.1 Å². The molecule has 0 spiro atoms. The molecule has 3 rings (SSSR count). The van der Waals surface area contributed by atoms with Crippen LogP contribution < -0.4 is 20.1 Å². The number of halogens is 1. The summed E-state index contributed by atoms with van der Waals surface area (Å²) in [5, 5.41) is 5.95. The van der Waals surface area contributed by atoms with E-state index in [1.165, 1.54) is 0 Å². The Morgan fingerprint density at radius 2 is 1.96 bits per heavy atom. The minimum atomic E-state index is -0.332. The molecule has 1 atom stereocenters. The van der Waals surface area contributed by atoms with Gasteiger partial charge in [-0.3, -0.25) is 9.59 Å². The molecular weight excluding hydrogens is 380 g/mol. The van der Waals surface area contributed by atoms with Gasteiger partial charge in [-0.25, -0.2) is 0 Å². The smallest absolute Gasteiger partial charge is 0.251 e. The van der Waals surface area contributed by atoms with Crippen LogP contribution in [0.3, 0.4) is 0 Å². The molecule has 1 aliphatic heterocycles. The molecule has 0 aromatic heterocycles. The van der Waals surface area contributed by atoms with E-state index in [0.29, 0.717) is 17.2 Å². The molecule has 28 heavy (non-hydrogen) atoms. The largest absolute Gasteiger partial charge is 0.494 e. The molecule has 0 bridgehead atoms. The topological polar surface area (TPSA) is 76.7 Å². The average molecular weight is 403 g/mol. The standard InChI is InChI=1S/C21H23ClN2O4/c1-3-27-18-9-15-8-13(2)28-19(15)10-16(18)11-23-20(25)12-24-21(26)14-4-6-17(22)7-5-14/h4-7,9-10,13H,3,8,11-12H2,1-2H3,(H,23,25)(H,24,26)/t13-/m0/s1. The number of carbonyl (C=O) groups excluding carboxylic acids is 2. The fourth-order valence-electron chi connectivity index (χ4n) is 3.03. The Morgan fingerprint density at radius 1 is 1.21 bits per heavy atom. The molecule has 1 aliphatic rings. The van der Waals surface area contributed by atoms with E-state index in [-0.39, 0.29) is 31.0 Å². The first-order chi connectivity index (χ1) is 13.5. The molecule has 0 radical (unpaired) electrons. The Hall–Kier alpha value is -2.73. The molecule has 2 aromatic carbocycles. The van der Waals surface area contributed by atoms with Crippen molar-refractivity contribution in [2.45, 2.75) is 32.9 Å². The summed E-state index contributed by atoms with van der Waals surface area (Å²) >= 11 is 5.81. The molecule has 148 valence electrons. The summed E-state index contributed by atoms with van der Waals surface area (Å²) in [6, 6.07) is 10.4. The maximum atomic E-state index is 12.1. The highest BCUT2D eigenvalue weighted by molar-refractivity contribution is 6.30. The fourth-order valence-corrected chi connectivity index (χ4v) is 3.16. The number of hydrogen-bond acceptors (Lipinski definition) is 4. The van der Waals surface area contributed by atoms with Crippen LogP contribution in [0.25, 0.3) is 0 Å². The van der Waals surface area contributed by atoms with Crippen molar-refractivity contribution >= 4 is 23.4 Å². The van der Waals surface area contributed by atoms with Crippen LogP contribution in [0.2, 0.25) is 5.02 Å². The third-order valence-electron chi connectivity index (χ3n) is 4.37. The summed E-state index contributed by atoms with van der Waals surface area (Å²) in [6.45, 7) is 4.64. The maximum absolute atomic E-state index is 12.1. The van der Waals surface area contributed by atoms with Gasteiger partial charge in [0.05, 0.1) is 13.2 Å². The number of carbonyl (C=O) groups is 2. The average Bonchev–Trinajstić information content (AvgIpc) is 3.03. The van der Waals surface area contributed by atoms with E-state index < -0.39 is 0 Å². The summed E-state index contributed by atoms with van der Waals surface area (Å²) < 4.78 is 11.5. The van der Waals surface area contributed by atoms with Gasteiger partial charge < -0.3 is 20.1 Å². The van der Waals surface area contributed by atoms with Crippen LogP contribution in [0, 0.1) is 0 Å².